The molecule has 0 spiro atoms. The first kappa shape index (κ1) is 35.5. The van der Waals surface area contributed by atoms with Crippen LogP contribution in [0.1, 0.15) is 73.6 Å². The Bertz CT molecular complexity index is 693. The number of hydrogen-bond acceptors (Lipinski definition) is 5. The fourth-order valence-corrected chi connectivity index (χ4v) is 2.47. The molecule has 0 bridgehead atoms. The molecule has 0 saturated heterocycles. The summed E-state index contributed by atoms with van der Waals surface area (Å²) in [6.45, 7) is 11.8. The van der Waals surface area contributed by atoms with Crippen molar-refractivity contribution in [2.24, 2.45) is 11.8 Å². The summed E-state index contributed by atoms with van der Waals surface area (Å²) in [5.74, 6) is -1.50. The zero-order valence-electron chi connectivity index (χ0n) is 21.8. The van der Waals surface area contributed by atoms with Crippen molar-refractivity contribution in [2.45, 2.75) is 73.6 Å². The van der Waals surface area contributed by atoms with E-state index in [1.165, 1.54) is 18.1 Å². The van der Waals surface area contributed by atoms with Crippen molar-refractivity contribution in [2.75, 3.05) is 13.6 Å². The van der Waals surface area contributed by atoms with Gasteiger partial charge < -0.3 is 16.0 Å². The number of carbonyl (C=O) groups is 4. The number of carbonyl (C=O) groups excluding carboxylic acids is 4. The number of hydrogen-bond donors (Lipinski definition) is 5. The van der Waals surface area contributed by atoms with Crippen LogP contribution in [-0.2, 0) is 19.2 Å². The zero-order valence-corrected chi connectivity index (χ0v) is 21.8. The van der Waals surface area contributed by atoms with Crippen molar-refractivity contribution < 1.29 is 24.4 Å². The number of likely N-dealkylation sites (N-methyl/N-ethyl adjacent to an activating group) is 1. The van der Waals surface area contributed by atoms with Crippen LogP contribution in [0.15, 0.2) is 23.4 Å². The molecule has 194 valence electrons. The van der Waals surface area contributed by atoms with Gasteiger partial charge in [0.1, 0.15) is 0 Å². The second-order valence-electron chi connectivity index (χ2n) is 8.20. The van der Waals surface area contributed by atoms with Gasteiger partial charge in [0.2, 0.25) is 23.6 Å². The molecular weight excluding hydrogens is 436 g/mol. The molecule has 1 atom stereocenters. The maximum Gasteiger partial charge on any atom is 0.244 e. The van der Waals surface area contributed by atoms with Gasteiger partial charge in [-0.05, 0) is 45.6 Å². The number of terminal acetylenes is 1. The molecule has 0 aromatic heterocycles. The van der Waals surface area contributed by atoms with Gasteiger partial charge >= 0.3 is 0 Å². The fourth-order valence-electron chi connectivity index (χ4n) is 2.47. The number of allylic oxidation sites excluding steroid dienone is 4. The molecule has 0 aromatic rings. The lowest BCUT2D eigenvalue weighted by atomic mass is 9.93. The minimum atomic E-state index is -0.615. The van der Waals surface area contributed by atoms with E-state index in [4.69, 9.17) is 5.21 Å². The Morgan fingerprint density at radius 3 is 2.00 bits per heavy atom. The van der Waals surface area contributed by atoms with E-state index in [0.29, 0.717) is 12.8 Å². The molecule has 0 aliphatic carbocycles. The van der Waals surface area contributed by atoms with E-state index in [0.717, 1.165) is 18.5 Å². The van der Waals surface area contributed by atoms with E-state index >= 15 is 0 Å². The number of rotatable bonds is 12. The van der Waals surface area contributed by atoms with Gasteiger partial charge in [-0.3, -0.25) is 24.4 Å². The number of amides is 4. The van der Waals surface area contributed by atoms with Gasteiger partial charge in [0.25, 0.3) is 0 Å². The molecule has 0 radical (unpaired) electrons. The lowest BCUT2D eigenvalue weighted by molar-refractivity contribution is -0.135. The highest BCUT2D eigenvalue weighted by Gasteiger charge is 2.23. The third-order valence-corrected chi connectivity index (χ3v) is 4.15. The van der Waals surface area contributed by atoms with Crippen LogP contribution >= 0.6 is 0 Å². The second kappa shape index (κ2) is 23.1. The van der Waals surface area contributed by atoms with Gasteiger partial charge in [-0.1, -0.05) is 38.8 Å². The maximum atomic E-state index is 11.8. The molecule has 0 aliphatic heterocycles. The van der Waals surface area contributed by atoms with Crippen LogP contribution in [0.5, 0.6) is 0 Å². The van der Waals surface area contributed by atoms with Crippen LogP contribution in [-0.4, -0.2) is 42.4 Å². The summed E-state index contributed by atoms with van der Waals surface area (Å²) in [5.41, 5.74) is 3.64. The van der Waals surface area contributed by atoms with Gasteiger partial charge in [0.05, 0.1) is 6.54 Å². The van der Waals surface area contributed by atoms with E-state index in [2.05, 4.69) is 35.7 Å². The van der Waals surface area contributed by atoms with Gasteiger partial charge in [0, 0.05) is 31.5 Å². The zero-order chi connectivity index (χ0) is 27.1. The Hall–Kier alpha value is -3.12. The molecule has 0 fully saturated rings. The maximum absolute atomic E-state index is 11.8. The van der Waals surface area contributed by atoms with E-state index in [1.807, 2.05) is 46.8 Å². The Balaban J connectivity index is -0.000000541. The molecule has 0 aromatic carbocycles. The third kappa shape index (κ3) is 23.5. The Morgan fingerprint density at radius 1 is 0.971 bits per heavy atom. The number of nitrogens with one attached hydrogen (secondary N) is 4. The Labute approximate surface area is 205 Å². The number of hydroxylamine groups is 1. The number of unbranched alkanes of at least 4 members (excludes halogenated alkanes) is 1. The summed E-state index contributed by atoms with van der Waals surface area (Å²) >= 11 is 0. The molecule has 0 saturated carbocycles. The van der Waals surface area contributed by atoms with Gasteiger partial charge in [-0.15, -0.1) is 12.8 Å². The van der Waals surface area contributed by atoms with E-state index in [9.17, 15) is 19.2 Å². The van der Waals surface area contributed by atoms with Crippen LogP contribution in [0.25, 0.3) is 0 Å². The first-order valence-electron chi connectivity index (χ1n) is 11.3. The minimum Gasteiger partial charge on any atom is -0.358 e. The highest BCUT2D eigenvalue weighted by molar-refractivity contribution is 5.88. The summed E-state index contributed by atoms with van der Waals surface area (Å²) in [7, 11) is 1.47. The van der Waals surface area contributed by atoms with Gasteiger partial charge in [0.15, 0.2) is 0 Å². The highest BCUT2D eigenvalue weighted by atomic mass is 16.5. The van der Waals surface area contributed by atoms with E-state index in [-0.39, 0.29) is 36.6 Å². The third-order valence-electron chi connectivity index (χ3n) is 4.15. The predicted octanol–water partition coefficient (Wildman–Crippen LogP) is 2.82. The monoisotopic (exact) mass is 480 g/mol. The van der Waals surface area contributed by atoms with Crippen LogP contribution < -0.4 is 21.4 Å². The largest absolute Gasteiger partial charge is 0.358 e. The molecule has 5 N–H and O–H groups in total. The average Bonchev–Trinajstić information content (AvgIpc) is 2.80. The second-order valence-corrected chi connectivity index (χ2v) is 8.20. The fraction of sp³-hybridized carbons (Fsp3) is 0.600. The molecule has 0 aliphatic rings. The normalized spacial score (nSPS) is 10.9. The molecule has 9 nitrogen and oxygen atoms in total. The van der Waals surface area contributed by atoms with Crippen LogP contribution in [0.4, 0.5) is 0 Å². The molecule has 1 unspecified atom stereocenters. The molecule has 34 heavy (non-hydrogen) atoms. The lowest BCUT2D eigenvalue weighted by Gasteiger charge is -2.17. The summed E-state index contributed by atoms with van der Waals surface area (Å²) in [4.78, 5) is 45.2. The quantitative estimate of drug-likeness (QED) is 0.127. The van der Waals surface area contributed by atoms with E-state index in [1.54, 1.807) is 0 Å². The molecule has 9 heteroatoms. The molecule has 0 heterocycles. The summed E-state index contributed by atoms with van der Waals surface area (Å²) in [6, 6.07) is 0. The minimum absolute atomic E-state index is 0.103. The first-order valence-corrected chi connectivity index (χ1v) is 11.3. The lowest BCUT2D eigenvalue weighted by Crippen LogP contribution is -2.40. The van der Waals surface area contributed by atoms with Crippen molar-refractivity contribution in [3.05, 3.63) is 23.4 Å². The average molecular weight is 481 g/mol. The summed E-state index contributed by atoms with van der Waals surface area (Å²) in [5, 5.41) is 16.1. The van der Waals surface area contributed by atoms with Gasteiger partial charge in [-0.25, -0.2) is 5.48 Å². The summed E-state index contributed by atoms with van der Waals surface area (Å²) < 4.78 is 0. The van der Waals surface area contributed by atoms with Crippen LogP contribution in [0.3, 0.4) is 0 Å². The molecular formula is C25H44N4O5. The summed E-state index contributed by atoms with van der Waals surface area (Å²) in [6.07, 6.45) is 15.0. The standard InChI is InChI=1S/C12H21NO.C11H21N3O4.C2H2/c1-5-6-7-12(14)13-11(4)9-8-10(2)3;1-7(2)4-8(5-9(15)14-18)11(17)13-6-10(16)12-3;1-2/h8-9H,5-7H2,1-4H3,(H,13,14);7-8,18H,4-6H2,1-3H3,(H,12,16)(H,13,17)(H,14,15);1-2H/b11-9+;;. The van der Waals surface area contributed by atoms with Crippen molar-refractivity contribution >= 4 is 23.6 Å². The Morgan fingerprint density at radius 2 is 1.56 bits per heavy atom. The van der Waals surface area contributed by atoms with Crippen molar-refractivity contribution in [3.8, 4) is 12.8 Å². The van der Waals surface area contributed by atoms with E-state index < -0.39 is 11.8 Å². The van der Waals surface area contributed by atoms with Gasteiger partial charge in [-0.2, -0.15) is 0 Å². The topological polar surface area (TPSA) is 137 Å². The first-order chi connectivity index (χ1) is 16.0. The highest BCUT2D eigenvalue weighted by Crippen LogP contribution is 2.15. The van der Waals surface area contributed by atoms with Crippen molar-refractivity contribution in [1.82, 2.24) is 21.4 Å². The smallest absolute Gasteiger partial charge is 0.244 e. The molecule has 0 rings (SSSR count). The SMILES string of the molecule is C#C.CCCCC(=O)N/C(C)=C/C=C(C)C.CNC(=O)CNC(=O)C(CC(=O)NO)CC(C)C. The van der Waals surface area contributed by atoms with Crippen molar-refractivity contribution in [3.63, 3.8) is 0 Å². The Kier molecular flexibility index (Phi) is 24.0. The van der Waals surface area contributed by atoms with Crippen LogP contribution in [0.2, 0.25) is 0 Å². The van der Waals surface area contributed by atoms with Crippen molar-refractivity contribution in [1.29, 1.82) is 0 Å². The van der Waals surface area contributed by atoms with Crippen LogP contribution in [0, 0.1) is 24.7 Å². The molecule has 4 amide bonds. The predicted molar refractivity (Wildman–Crippen MR) is 135 cm³/mol.